The lowest BCUT2D eigenvalue weighted by molar-refractivity contribution is -0.148. The Hall–Kier alpha value is -1.14. The average Bonchev–Trinajstić information content (AvgIpc) is 2.45. The van der Waals surface area contributed by atoms with Gasteiger partial charge in [-0.15, -0.1) is 11.8 Å². The molecule has 0 radical (unpaired) electrons. The van der Waals surface area contributed by atoms with Crippen LogP contribution in [0.4, 0.5) is 0 Å². The molecule has 1 aromatic heterocycles. The first-order valence-corrected chi connectivity index (χ1v) is 7.66. The highest BCUT2D eigenvalue weighted by atomic mass is 32.2. The number of thioether (sulfide) groups is 1. The van der Waals surface area contributed by atoms with Gasteiger partial charge in [-0.3, -0.25) is 4.79 Å². The summed E-state index contributed by atoms with van der Waals surface area (Å²) in [5.41, 5.74) is -0.662. The van der Waals surface area contributed by atoms with E-state index in [-0.39, 0.29) is 11.2 Å². The average molecular weight is 297 g/mol. The minimum atomic E-state index is -0.662. The Morgan fingerprint density at radius 1 is 1.60 bits per heavy atom. The van der Waals surface area contributed by atoms with E-state index in [4.69, 9.17) is 4.74 Å². The Morgan fingerprint density at radius 3 is 2.90 bits per heavy atom. The molecule has 5 nitrogen and oxygen atoms in total. The van der Waals surface area contributed by atoms with Crippen LogP contribution >= 0.6 is 11.8 Å². The summed E-state index contributed by atoms with van der Waals surface area (Å²) in [4.78, 5) is 20.1. The van der Waals surface area contributed by atoms with Gasteiger partial charge in [-0.25, -0.2) is 9.97 Å². The summed E-state index contributed by atoms with van der Waals surface area (Å²) >= 11 is 1.63. The van der Waals surface area contributed by atoms with E-state index in [9.17, 15) is 4.79 Å². The summed E-state index contributed by atoms with van der Waals surface area (Å²) in [6.07, 6.45) is 4.90. The molecule has 20 heavy (non-hydrogen) atoms. The lowest BCUT2D eigenvalue weighted by atomic mass is 9.96. The van der Waals surface area contributed by atoms with Crippen LogP contribution in [0.25, 0.3) is 0 Å². The number of esters is 1. The fourth-order valence-electron chi connectivity index (χ4n) is 2.02. The van der Waals surface area contributed by atoms with Gasteiger partial charge in [-0.05, 0) is 32.4 Å². The van der Waals surface area contributed by atoms with Crippen molar-refractivity contribution in [1.82, 2.24) is 15.3 Å². The molecular weight excluding hydrogens is 274 g/mol. The van der Waals surface area contributed by atoms with E-state index in [1.807, 2.05) is 13.0 Å². The quantitative estimate of drug-likeness (QED) is 0.451. The molecule has 0 bridgehead atoms. The third kappa shape index (κ3) is 5.09. The largest absolute Gasteiger partial charge is 0.468 e. The van der Waals surface area contributed by atoms with Crippen molar-refractivity contribution in [3.8, 4) is 0 Å². The van der Waals surface area contributed by atoms with Crippen LogP contribution in [0, 0.1) is 0 Å². The number of carbonyl (C=O) groups is 1. The molecule has 0 fully saturated rings. The maximum atomic E-state index is 12.0. The summed E-state index contributed by atoms with van der Waals surface area (Å²) < 4.78 is 4.93. The molecule has 1 aromatic rings. The van der Waals surface area contributed by atoms with Crippen LogP contribution in [0.1, 0.15) is 33.6 Å². The van der Waals surface area contributed by atoms with Crippen LogP contribution in [-0.2, 0) is 9.53 Å². The molecule has 6 heteroatoms. The van der Waals surface area contributed by atoms with Crippen LogP contribution in [0.5, 0.6) is 0 Å². The molecule has 0 saturated carbocycles. The number of rotatable bonds is 8. The highest BCUT2D eigenvalue weighted by Crippen LogP contribution is 2.27. The number of methoxy groups -OCH3 is 1. The van der Waals surface area contributed by atoms with Gasteiger partial charge in [0.1, 0.15) is 11.9 Å². The predicted molar refractivity (Wildman–Crippen MR) is 80.7 cm³/mol. The molecule has 0 spiro atoms. The molecule has 0 aliphatic heterocycles. The standard InChI is InChI=1S/C14H23N3O2S/c1-5-7-17-14(3,13(18)19-4)9-11(2)20-12-6-8-15-10-16-12/h6,8,10-11,17H,5,7,9H2,1-4H3. The number of hydrogen-bond donors (Lipinski definition) is 1. The molecule has 0 saturated heterocycles. The molecule has 1 N–H and O–H groups in total. The van der Waals surface area contributed by atoms with Crippen LogP contribution in [0.2, 0.25) is 0 Å². The third-order valence-corrected chi connectivity index (χ3v) is 4.03. The molecular formula is C14H23N3O2S. The Balaban J connectivity index is 2.66. The van der Waals surface area contributed by atoms with Gasteiger partial charge in [0.05, 0.1) is 12.1 Å². The number of nitrogens with zero attached hydrogens (tertiary/aromatic N) is 2. The zero-order valence-electron chi connectivity index (χ0n) is 12.5. The topological polar surface area (TPSA) is 64.1 Å². The van der Waals surface area contributed by atoms with Crippen molar-refractivity contribution in [2.75, 3.05) is 13.7 Å². The van der Waals surface area contributed by atoms with Crippen molar-refractivity contribution in [3.63, 3.8) is 0 Å². The van der Waals surface area contributed by atoms with Gasteiger partial charge in [-0.1, -0.05) is 13.8 Å². The Morgan fingerprint density at radius 2 is 2.35 bits per heavy atom. The van der Waals surface area contributed by atoms with Gasteiger partial charge < -0.3 is 10.1 Å². The van der Waals surface area contributed by atoms with Crippen LogP contribution in [0.3, 0.4) is 0 Å². The predicted octanol–water partition coefficient (Wildman–Crippen LogP) is 2.28. The van der Waals surface area contributed by atoms with E-state index < -0.39 is 5.54 Å². The number of nitrogens with one attached hydrogen (secondary N) is 1. The molecule has 1 rings (SSSR count). The van der Waals surface area contributed by atoms with Gasteiger partial charge in [0.15, 0.2) is 0 Å². The van der Waals surface area contributed by atoms with Crippen molar-refractivity contribution in [3.05, 3.63) is 18.6 Å². The van der Waals surface area contributed by atoms with Crippen molar-refractivity contribution in [2.45, 2.75) is 49.4 Å². The van der Waals surface area contributed by atoms with Crippen LogP contribution < -0.4 is 5.32 Å². The van der Waals surface area contributed by atoms with Gasteiger partial charge in [0.25, 0.3) is 0 Å². The minimum absolute atomic E-state index is 0.221. The van der Waals surface area contributed by atoms with Crippen molar-refractivity contribution in [1.29, 1.82) is 0 Å². The van der Waals surface area contributed by atoms with Crippen molar-refractivity contribution < 1.29 is 9.53 Å². The zero-order valence-corrected chi connectivity index (χ0v) is 13.4. The van der Waals surface area contributed by atoms with Crippen molar-refractivity contribution >= 4 is 17.7 Å². The lowest BCUT2D eigenvalue weighted by Crippen LogP contribution is -2.51. The number of ether oxygens (including phenoxy) is 1. The third-order valence-electron chi connectivity index (χ3n) is 2.97. The number of aromatic nitrogens is 2. The smallest absolute Gasteiger partial charge is 0.325 e. The minimum Gasteiger partial charge on any atom is -0.468 e. The molecule has 112 valence electrons. The Bertz CT molecular complexity index is 416. The molecule has 2 atom stereocenters. The van der Waals surface area contributed by atoms with Gasteiger partial charge >= 0.3 is 5.97 Å². The highest BCUT2D eigenvalue weighted by Gasteiger charge is 2.35. The number of hydrogen-bond acceptors (Lipinski definition) is 6. The Labute approximate surface area is 124 Å². The maximum Gasteiger partial charge on any atom is 0.325 e. The van der Waals surface area contributed by atoms with Gasteiger partial charge in [-0.2, -0.15) is 0 Å². The fourth-order valence-corrected chi connectivity index (χ4v) is 3.10. The molecule has 2 unspecified atom stereocenters. The normalized spacial score (nSPS) is 15.4. The monoisotopic (exact) mass is 297 g/mol. The summed E-state index contributed by atoms with van der Waals surface area (Å²) in [5.74, 6) is -0.221. The van der Waals surface area contributed by atoms with E-state index in [0.29, 0.717) is 6.42 Å². The molecule has 0 aliphatic rings. The van der Waals surface area contributed by atoms with E-state index in [1.54, 1.807) is 18.0 Å². The molecule has 0 amide bonds. The summed E-state index contributed by atoms with van der Waals surface area (Å²) in [5, 5.41) is 4.44. The first kappa shape index (κ1) is 16.9. The highest BCUT2D eigenvalue weighted by molar-refractivity contribution is 7.99. The number of carbonyl (C=O) groups excluding carboxylic acids is 1. The Kier molecular flexibility index (Phi) is 6.95. The zero-order chi connectivity index (χ0) is 15.0. The second kappa shape index (κ2) is 8.21. The summed E-state index contributed by atoms with van der Waals surface area (Å²) in [6, 6.07) is 1.87. The SMILES string of the molecule is CCCNC(C)(CC(C)Sc1ccncn1)C(=O)OC. The maximum absolute atomic E-state index is 12.0. The second-order valence-corrected chi connectivity index (χ2v) is 6.39. The van der Waals surface area contributed by atoms with E-state index in [2.05, 4.69) is 29.1 Å². The molecule has 0 aromatic carbocycles. The van der Waals surface area contributed by atoms with Gasteiger partial charge in [0, 0.05) is 11.4 Å². The van der Waals surface area contributed by atoms with Gasteiger partial charge in [0.2, 0.25) is 0 Å². The lowest BCUT2D eigenvalue weighted by Gasteiger charge is -2.30. The van der Waals surface area contributed by atoms with E-state index in [1.165, 1.54) is 13.4 Å². The first-order chi connectivity index (χ1) is 9.51. The van der Waals surface area contributed by atoms with E-state index in [0.717, 1.165) is 18.0 Å². The summed E-state index contributed by atoms with van der Waals surface area (Å²) in [7, 11) is 1.43. The van der Waals surface area contributed by atoms with Crippen molar-refractivity contribution in [2.24, 2.45) is 0 Å². The van der Waals surface area contributed by atoms with E-state index >= 15 is 0 Å². The molecule has 1 heterocycles. The fraction of sp³-hybridized carbons (Fsp3) is 0.643. The summed E-state index contributed by atoms with van der Waals surface area (Å²) in [6.45, 7) is 6.84. The first-order valence-electron chi connectivity index (χ1n) is 6.78. The van der Waals surface area contributed by atoms with Crippen LogP contribution in [-0.4, -0.2) is 40.4 Å². The second-order valence-electron chi connectivity index (χ2n) is 4.93. The molecule has 0 aliphatic carbocycles. The van der Waals surface area contributed by atoms with Crippen LogP contribution in [0.15, 0.2) is 23.6 Å².